The summed E-state index contributed by atoms with van der Waals surface area (Å²) in [6.07, 6.45) is 0.269. The van der Waals surface area contributed by atoms with Crippen LogP contribution in [-0.4, -0.2) is 31.3 Å². The van der Waals surface area contributed by atoms with Crippen molar-refractivity contribution in [3.8, 4) is 5.88 Å². The lowest BCUT2D eigenvalue weighted by molar-refractivity contribution is 0.0870. The number of methoxy groups -OCH3 is 1. The van der Waals surface area contributed by atoms with Gasteiger partial charge in [0.05, 0.1) is 19.8 Å². The quantitative estimate of drug-likeness (QED) is 0.728. The minimum Gasteiger partial charge on any atom is -0.481 e. The number of pyridine rings is 1. The van der Waals surface area contributed by atoms with Gasteiger partial charge >= 0.3 is 0 Å². The van der Waals surface area contributed by atoms with E-state index in [2.05, 4.69) is 10.3 Å². The highest BCUT2D eigenvalue weighted by Crippen LogP contribution is 2.09. The lowest BCUT2D eigenvalue weighted by Crippen LogP contribution is -2.13. The predicted molar refractivity (Wildman–Crippen MR) is 60.4 cm³/mol. The van der Waals surface area contributed by atoms with E-state index in [0.717, 1.165) is 12.4 Å². The van der Waals surface area contributed by atoms with Gasteiger partial charge in [0.2, 0.25) is 5.88 Å². The second-order valence-corrected chi connectivity index (χ2v) is 3.41. The highest BCUT2D eigenvalue weighted by molar-refractivity contribution is 5.36. The summed E-state index contributed by atoms with van der Waals surface area (Å²) in [5, 5.41) is 3.16. The monoisotopic (exact) mass is 210 g/mol. The van der Waals surface area contributed by atoms with Gasteiger partial charge in [-0.05, 0) is 19.9 Å². The van der Waals surface area contributed by atoms with Gasteiger partial charge in [0.15, 0.2) is 0 Å². The van der Waals surface area contributed by atoms with Crippen LogP contribution in [0.3, 0.4) is 0 Å². The van der Waals surface area contributed by atoms with Gasteiger partial charge in [-0.2, -0.15) is 4.98 Å². The van der Waals surface area contributed by atoms with Crippen molar-refractivity contribution in [1.29, 1.82) is 0 Å². The fourth-order valence-corrected chi connectivity index (χ4v) is 1.10. The van der Waals surface area contributed by atoms with E-state index in [1.165, 1.54) is 0 Å². The van der Waals surface area contributed by atoms with Gasteiger partial charge in [-0.3, -0.25) is 0 Å². The summed E-state index contributed by atoms with van der Waals surface area (Å²) in [4.78, 5) is 4.22. The number of ether oxygens (including phenoxy) is 2. The van der Waals surface area contributed by atoms with Crippen LogP contribution < -0.4 is 10.1 Å². The number of hydrogen-bond acceptors (Lipinski definition) is 4. The summed E-state index contributed by atoms with van der Waals surface area (Å²) in [6.45, 7) is 5.46. The lowest BCUT2D eigenvalue weighted by Gasteiger charge is -2.09. The largest absolute Gasteiger partial charge is 0.481 e. The van der Waals surface area contributed by atoms with Crippen LogP contribution in [0.2, 0.25) is 0 Å². The van der Waals surface area contributed by atoms with Crippen LogP contribution in [0.4, 0.5) is 5.82 Å². The zero-order valence-electron chi connectivity index (χ0n) is 9.49. The molecular weight excluding hydrogens is 192 g/mol. The molecular formula is C11H18N2O2. The molecule has 0 aromatic carbocycles. The molecule has 1 aromatic heterocycles. The molecule has 0 radical (unpaired) electrons. The SMILES string of the molecule is COc1cccc(NCCOC(C)C)n1. The van der Waals surface area contributed by atoms with Crippen LogP contribution in [0, 0.1) is 0 Å². The van der Waals surface area contributed by atoms with Crippen LogP contribution in [0.25, 0.3) is 0 Å². The zero-order chi connectivity index (χ0) is 11.1. The minimum absolute atomic E-state index is 0.269. The Hall–Kier alpha value is -1.29. The van der Waals surface area contributed by atoms with Crippen molar-refractivity contribution in [3.63, 3.8) is 0 Å². The fourth-order valence-electron chi connectivity index (χ4n) is 1.10. The third-order valence-electron chi connectivity index (χ3n) is 1.79. The minimum atomic E-state index is 0.269. The van der Waals surface area contributed by atoms with E-state index in [-0.39, 0.29) is 6.10 Å². The Morgan fingerprint density at radius 3 is 2.87 bits per heavy atom. The van der Waals surface area contributed by atoms with Gasteiger partial charge in [0.1, 0.15) is 5.82 Å². The molecule has 0 aliphatic heterocycles. The molecule has 84 valence electrons. The Morgan fingerprint density at radius 1 is 1.40 bits per heavy atom. The second kappa shape index (κ2) is 6.24. The third-order valence-corrected chi connectivity index (χ3v) is 1.79. The molecule has 0 spiro atoms. The first kappa shape index (κ1) is 11.8. The normalized spacial score (nSPS) is 10.4. The molecule has 0 fully saturated rings. The van der Waals surface area contributed by atoms with Gasteiger partial charge in [-0.1, -0.05) is 6.07 Å². The second-order valence-electron chi connectivity index (χ2n) is 3.41. The Labute approximate surface area is 90.6 Å². The molecule has 0 aliphatic carbocycles. The molecule has 0 saturated carbocycles. The molecule has 1 rings (SSSR count). The molecule has 1 heterocycles. The Kier molecular flexibility index (Phi) is 4.90. The summed E-state index contributed by atoms with van der Waals surface area (Å²) in [5.41, 5.74) is 0. The molecule has 0 aliphatic rings. The molecule has 1 N–H and O–H groups in total. The van der Waals surface area contributed by atoms with Crippen LogP contribution in [0.1, 0.15) is 13.8 Å². The average Bonchev–Trinajstić information content (AvgIpc) is 2.24. The van der Waals surface area contributed by atoms with E-state index < -0.39 is 0 Å². The first-order valence-electron chi connectivity index (χ1n) is 5.09. The summed E-state index contributed by atoms with van der Waals surface area (Å²) in [5.74, 6) is 1.42. The summed E-state index contributed by atoms with van der Waals surface area (Å²) in [7, 11) is 1.61. The van der Waals surface area contributed by atoms with Crippen molar-refractivity contribution in [2.45, 2.75) is 20.0 Å². The van der Waals surface area contributed by atoms with E-state index in [1.807, 2.05) is 32.0 Å². The molecule has 4 nitrogen and oxygen atoms in total. The fraction of sp³-hybridized carbons (Fsp3) is 0.545. The first-order chi connectivity index (χ1) is 7.22. The first-order valence-corrected chi connectivity index (χ1v) is 5.09. The maximum Gasteiger partial charge on any atom is 0.214 e. The van der Waals surface area contributed by atoms with Gasteiger partial charge in [0.25, 0.3) is 0 Å². The topological polar surface area (TPSA) is 43.4 Å². The predicted octanol–water partition coefficient (Wildman–Crippen LogP) is 1.93. The number of anilines is 1. The van der Waals surface area contributed by atoms with Gasteiger partial charge in [0, 0.05) is 12.6 Å². The van der Waals surface area contributed by atoms with Gasteiger partial charge in [-0.15, -0.1) is 0 Å². The number of hydrogen-bond donors (Lipinski definition) is 1. The van der Waals surface area contributed by atoms with Crippen LogP contribution >= 0.6 is 0 Å². The standard InChI is InChI=1S/C11H18N2O2/c1-9(2)15-8-7-12-10-5-4-6-11(13-10)14-3/h4-6,9H,7-8H2,1-3H3,(H,12,13). The van der Waals surface area contributed by atoms with Crippen LogP contribution in [0.15, 0.2) is 18.2 Å². The van der Waals surface area contributed by atoms with E-state index in [9.17, 15) is 0 Å². The Balaban J connectivity index is 2.30. The molecule has 0 atom stereocenters. The van der Waals surface area contributed by atoms with Crippen molar-refractivity contribution in [2.75, 3.05) is 25.6 Å². The van der Waals surface area contributed by atoms with E-state index in [1.54, 1.807) is 7.11 Å². The highest BCUT2D eigenvalue weighted by atomic mass is 16.5. The smallest absolute Gasteiger partial charge is 0.214 e. The van der Waals surface area contributed by atoms with Crippen LogP contribution in [0.5, 0.6) is 5.88 Å². The molecule has 15 heavy (non-hydrogen) atoms. The average molecular weight is 210 g/mol. The van der Waals surface area contributed by atoms with Crippen molar-refractivity contribution in [1.82, 2.24) is 4.98 Å². The number of aromatic nitrogens is 1. The zero-order valence-corrected chi connectivity index (χ0v) is 9.49. The van der Waals surface area contributed by atoms with E-state index in [0.29, 0.717) is 12.5 Å². The Bertz CT molecular complexity index is 290. The maximum atomic E-state index is 5.40. The molecule has 0 saturated heterocycles. The lowest BCUT2D eigenvalue weighted by atomic mass is 10.4. The van der Waals surface area contributed by atoms with E-state index in [4.69, 9.17) is 9.47 Å². The summed E-state index contributed by atoms with van der Waals surface area (Å²) < 4.78 is 10.4. The third kappa shape index (κ3) is 4.65. The molecule has 1 aromatic rings. The highest BCUT2D eigenvalue weighted by Gasteiger charge is 1.97. The molecule has 0 bridgehead atoms. The number of rotatable bonds is 6. The molecule has 4 heteroatoms. The number of nitrogens with zero attached hydrogens (tertiary/aromatic N) is 1. The molecule has 0 amide bonds. The van der Waals surface area contributed by atoms with Crippen molar-refractivity contribution in [3.05, 3.63) is 18.2 Å². The summed E-state index contributed by atoms with van der Waals surface area (Å²) in [6, 6.07) is 5.62. The van der Waals surface area contributed by atoms with Crippen molar-refractivity contribution in [2.24, 2.45) is 0 Å². The summed E-state index contributed by atoms with van der Waals surface area (Å²) >= 11 is 0. The van der Waals surface area contributed by atoms with Gasteiger partial charge in [-0.25, -0.2) is 0 Å². The van der Waals surface area contributed by atoms with Crippen molar-refractivity contribution < 1.29 is 9.47 Å². The van der Waals surface area contributed by atoms with E-state index >= 15 is 0 Å². The number of nitrogens with one attached hydrogen (secondary N) is 1. The Morgan fingerprint density at radius 2 is 2.20 bits per heavy atom. The molecule has 0 unspecified atom stereocenters. The maximum absolute atomic E-state index is 5.40. The van der Waals surface area contributed by atoms with Crippen LogP contribution in [-0.2, 0) is 4.74 Å². The van der Waals surface area contributed by atoms with Crippen molar-refractivity contribution >= 4 is 5.82 Å². The van der Waals surface area contributed by atoms with Gasteiger partial charge < -0.3 is 14.8 Å².